The van der Waals surface area contributed by atoms with Gasteiger partial charge in [-0.15, -0.1) is 0 Å². The molecule has 1 aromatic rings. The number of benzene rings is 1. The molecule has 0 bridgehead atoms. The van der Waals surface area contributed by atoms with Crippen molar-refractivity contribution in [1.29, 1.82) is 0 Å². The van der Waals surface area contributed by atoms with Crippen LogP contribution in [0.4, 0.5) is 4.39 Å². The summed E-state index contributed by atoms with van der Waals surface area (Å²) in [5, 5.41) is 8.64. The van der Waals surface area contributed by atoms with Crippen molar-refractivity contribution in [2.24, 2.45) is 0 Å². The van der Waals surface area contributed by atoms with Crippen molar-refractivity contribution < 1.29 is 22.7 Å². The molecular formula is C11H14FNO4S. The first kappa shape index (κ1) is 14.6. The summed E-state index contributed by atoms with van der Waals surface area (Å²) in [5.41, 5.74) is 0.329. The molecule has 5 nitrogen and oxygen atoms in total. The molecule has 1 aromatic carbocycles. The Morgan fingerprint density at radius 3 is 2.50 bits per heavy atom. The van der Waals surface area contributed by atoms with E-state index in [9.17, 15) is 17.6 Å². The van der Waals surface area contributed by atoms with E-state index in [1.807, 2.05) is 0 Å². The minimum Gasteiger partial charge on any atom is -0.480 e. The fraction of sp³-hybridized carbons (Fsp3) is 0.364. The Morgan fingerprint density at radius 1 is 1.44 bits per heavy atom. The molecule has 7 heteroatoms. The van der Waals surface area contributed by atoms with Crippen molar-refractivity contribution in [2.45, 2.75) is 18.7 Å². The summed E-state index contributed by atoms with van der Waals surface area (Å²) in [4.78, 5) is 10.3. The van der Waals surface area contributed by atoms with Crippen LogP contribution in [0.5, 0.6) is 0 Å². The maximum atomic E-state index is 13.3. The molecule has 1 rings (SSSR count). The molecule has 100 valence electrons. The summed E-state index contributed by atoms with van der Waals surface area (Å²) in [5.74, 6) is -1.89. The molecule has 18 heavy (non-hydrogen) atoms. The largest absolute Gasteiger partial charge is 0.480 e. The van der Waals surface area contributed by atoms with Crippen LogP contribution in [0.3, 0.4) is 0 Å². The van der Waals surface area contributed by atoms with Crippen LogP contribution < -0.4 is 0 Å². The van der Waals surface area contributed by atoms with Crippen molar-refractivity contribution in [3.8, 4) is 0 Å². The number of carbonyl (C=O) groups is 1. The van der Waals surface area contributed by atoms with Gasteiger partial charge in [-0.2, -0.15) is 4.31 Å². The van der Waals surface area contributed by atoms with Crippen molar-refractivity contribution in [3.63, 3.8) is 0 Å². The lowest BCUT2D eigenvalue weighted by Gasteiger charge is -2.18. The first-order valence-electron chi connectivity index (χ1n) is 5.27. The number of sulfonamides is 1. The zero-order chi connectivity index (χ0) is 13.9. The lowest BCUT2D eigenvalue weighted by molar-refractivity contribution is -0.137. The van der Waals surface area contributed by atoms with Crippen molar-refractivity contribution in [1.82, 2.24) is 4.31 Å². The van der Waals surface area contributed by atoms with Crippen molar-refractivity contribution in [2.75, 3.05) is 13.1 Å². The van der Waals surface area contributed by atoms with Crippen LogP contribution in [0.15, 0.2) is 23.1 Å². The Morgan fingerprint density at radius 2 is 2.06 bits per heavy atom. The highest BCUT2D eigenvalue weighted by Crippen LogP contribution is 2.18. The van der Waals surface area contributed by atoms with Crippen LogP contribution in [-0.4, -0.2) is 36.9 Å². The number of likely N-dealkylation sites (N-methyl/N-ethyl adjacent to an activating group) is 1. The van der Waals surface area contributed by atoms with Gasteiger partial charge in [-0.3, -0.25) is 4.79 Å². The second-order valence-corrected chi connectivity index (χ2v) is 5.67. The predicted octanol–water partition coefficient (Wildman–Crippen LogP) is 1.23. The predicted molar refractivity (Wildman–Crippen MR) is 63.2 cm³/mol. The number of hydrogen-bond donors (Lipinski definition) is 1. The quantitative estimate of drug-likeness (QED) is 0.877. The van der Waals surface area contributed by atoms with E-state index in [0.29, 0.717) is 5.56 Å². The van der Waals surface area contributed by atoms with E-state index >= 15 is 0 Å². The van der Waals surface area contributed by atoms with Gasteiger partial charge < -0.3 is 5.11 Å². The van der Waals surface area contributed by atoms with E-state index in [1.165, 1.54) is 26.0 Å². The number of aliphatic carboxylic acids is 1. The Balaban J connectivity index is 3.18. The van der Waals surface area contributed by atoms with E-state index in [4.69, 9.17) is 5.11 Å². The molecule has 0 aliphatic carbocycles. The minimum atomic E-state index is -3.97. The van der Waals surface area contributed by atoms with Gasteiger partial charge in [0.15, 0.2) is 0 Å². The van der Waals surface area contributed by atoms with Crippen LogP contribution in [0.1, 0.15) is 12.5 Å². The monoisotopic (exact) mass is 275 g/mol. The molecule has 0 aliphatic rings. The zero-order valence-corrected chi connectivity index (χ0v) is 10.9. The van der Waals surface area contributed by atoms with Gasteiger partial charge in [-0.25, -0.2) is 12.8 Å². The van der Waals surface area contributed by atoms with E-state index < -0.39 is 28.4 Å². The average molecular weight is 275 g/mol. The summed E-state index contributed by atoms with van der Waals surface area (Å²) in [6, 6.07) is 3.50. The molecule has 0 amide bonds. The summed E-state index contributed by atoms with van der Waals surface area (Å²) in [7, 11) is -3.97. The normalized spacial score (nSPS) is 11.8. The highest BCUT2D eigenvalue weighted by atomic mass is 32.2. The van der Waals surface area contributed by atoms with Gasteiger partial charge in [0.25, 0.3) is 0 Å². The fourth-order valence-electron chi connectivity index (χ4n) is 1.40. The Kier molecular flexibility index (Phi) is 4.42. The molecule has 0 saturated carbocycles. The minimum absolute atomic E-state index is 0.00410. The van der Waals surface area contributed by atoms with Gasteiger partial charge in [-0.1, -0.05) is 13.0 Å². The van der Waals surface area contributed by atoms with Gasteiger partial charge in [0.2, 0.25) is 10.0 Å². The number of nitrogens with zero attached hydrogens (tertiary/aromatic N) is 1. The molecule has 0 fully saturated rings. The molecule has 0 atom stereocenters. The summed E-state index contributed by atoms with van der Waals surface area (Å²) in [6.45, 7) is 2.39. The molecule has 0 spiro atoms. The molecule has 0 radical (unpaired) electrons. The Labute approximate surface area is 105 Å². The SMILES string of the molecule is CCN(CC(=O)O)S(=O)(=O)c1ccc(C)c(F)c1. The van der Waals surface area contributed by atoms with Gasteiger partial charge in [0.1, 0.15) is 12.4 Å². The second-order valence-electron chi connectivity index (χ2n) is 3.74. The number of carboxylic acids is 1. The van der Waals surface area contributed by atoms with Crippen LogP contribution in [0.2, 0.25) is 0 Å². The number of carboxylic acid groups (broad SMARTS) is 1. The smallest absolute Gasteiger partial charge is 0.318 e. The highest BCUT2D eigenvalue weighted by Gasteiger charge is 2.25. The van der Waals surface area contributed by atoms with Crippen LogP contribution >= 0.6 is 0 Å². The maximum Gasteiger partial charge on any atom is 0.318 e. The van der Waals surface area contributed by atoms with E-state index in [0.717, 1.165) is 10.4 Å². The maximum absolute atomic E-state index is 13.3. The summed E-state index contributed by atoms with van der Waals surface area (Å²) >= 11 is 0. The lowest BCUT2D eigenvalue weighted by atomic mass is 10.2. The van der Waals surface area contributed by atoms with Gasteiger partial charge in [0, 0.05) is 6.54 Å². The Hall–Kier alpha value is -1.47. The average Bonchev–Trinajstić information content (AvgIpc) is 2.28. The zero-order valence-electron chi connectivity index (χ0n) is 10.1. The van der Waals surface area contributed by atoms with Crippen molar-refractivity contribution in [3.05, 3.63) is 29.6 Å². The van der Waals surface area contributed by atoms with Crippen LogP contribution in [0.25, 0.3) is 0 Å². The molecular weight excluding hydrogens is 261 g/mol. The highest BCUT2D eigenvalue weighted by molar-refractivity contribution is 7.89. The Bertz CT molecular complexity index is 556. The number of aryl methyl sites for hydroxylation is 1. The first-order chi connectivity index (χ1) is 8.28. The van der Waals surface area contributed by atoms with E-state index in [1.54, 1.807) is 0 Å². The second kappa shape index (κ2) is 5.45. The van der Waals surface area contributed by atoms with Crippen molar-refractivity contribution >= 4 is 16.0 Å². The fourth-order valence-corrected chi connectivity index (χ4v) is 2.81. The molecule has 0 heterocycles. The summed E-state index contributed by atoms with van der Waals surface area (Å²) < 4.78 is 38.2. The van der Waals surface area contributed by atoms with E-state index in [2.05, 4.69) is 0 Å². The molecule has 1 N–H and O–H groups in total. The van der Waals surface area contributed by atoms with Crippen LogP contribution in [-0.2, 0) is 14.8 Å². The lowest BCUT2D eigenvalue weighted by Crippen LogP contribution is -2.35. The molecule has 0 aliphatic heterocycles. The topological polar surface area (TPSA) is 74.7 Å². The summed E-state index contributed by atoms with van der Waals surface area (Å²) in [6.07, 6.45) is 0. The van der Waals surface area contributed by atoms with Gasteiger partial charge in [-0.05, 0) is 24.6 Å². The molecule has 0 unspecified atom stereocenters. The third-order valence-electron chi connectivity index (χ3n) is 2.45. The van der Waals surface area contributed by atoms with E-state index in [-0.39, 0.29) is 11.4 Å². The standard InChI is InChI=1S/C11H14FNO4S/c1-3-13(7-11(14)15)18(16,17)9-5-4-8(2)10(12)6-9/h4-6H,3,7H2,1-2H3,(H,14,15). The number of hydrogen-bond acceptors (Lipinski definition) is 3. The molecule has 0 aromatic heterocycles. The number of rotatable bonds is 5. The first-order valence-corrected chi connectivity index (χ1v) is 6.71. The van der Waals surface area contributed by atoms with Crippen LogP contribution in [0, 0.1) is 12.7 Å². The number of halogens is 1. The third kappa shape index (κ3) is 3.05. The molecule has 0 saturated heterocycles. The third-order valence-corrected chi connectivity index (χ3v) is 4.36. The van der Waals surface area contributed by atoms with Gasteiger partial charge in [0.05, 0.1) is 4.90 Å². The van der Waals surface area contributed by atoms with Gasteiger partial charge >= 0.3 is 5.97 Å².